The lowest BCUT2D eigenvalue weighted by molar-refractivity contribution is 0.503. The molecular weight excluding hydrogens is 146 g/mol. The van der Waals surface area contributed by atoms with E-state index >= 15 is 0 Å². The van der Waals surface area contributed by atoms with Gasteiger partial charge < -0.3 is 5.32 Å². The number of hydrogen-bond donors (Lipinski definition) is 1. The molecule has 78 valence electrons. The third-order valence-electron chi connectivity index (χ3n) is 1.58. The Morgan fingerprint density at radius 2 is 1.50 bits per heavy atom. The first-order valence-corrected chi connectivity index (χ1v) is 5.45. The molecule has 1 heteroatoms. The highest BCUT2D eigenvalue weighted by Gasteiger charge is 1.94. The Kier molecular flexibility index (Phi) is 33.5. The van der Waals surface area contributed by atoms with E-state index in [-0.39, 0.29) is 0 Å². The molecule has 0 rings (SSSR count). The van der Waals surface area contributed by atoms with E-state index in [1.807, 2.05) is 34.7 Å². The van der Waals surface area contributed by atoms with Crippen LogP contribution in [0.3, 0.4) is 0 Å². The second-order valence-corrected chi connectivity index (χ2v) is 2.41. The lowest BCUT2D eigenvalue weighted by Crippen LogP contribution is -2.10. The predicted octanol–water partition coefficient (Wildman–Crippen LogP) is 3.69. The quantitative estimate of drug-likeness (QED) is 0.687. The van der Waals surface area contributed by atoms with Crippen LogP contribution >= 0.6 is 0 Å². The topological polar surface area (TPSA) is 12.0 Å². The van der Waals surface area contributed by atoms with E-state index < -0.39 is 0 Å². The van der Waals surface area contributed by atoms with Crippen molar-refractivity contribution >= 4 is 0 Å². The van der Waals surface area contributed by atoms with Gasteiger partial charge in [0, 0.05) is 0 Å². The van der Waals surface area contributed by atoms with Crippen molar-refractivity contribution in [1.29, 1.82) is 0 Å². The third-order valence-corrected chi connectivity index (χ3v) is 1.58. The summed E-state index contributed by atoms with van der Waals surface area (Å²) in [6.07, 6.45) is 2.62. The molecule has 0 radical (unpaired) electrons. The molecule has 0 aromatic rings. The van der Waals surface area contributed by atoms with Gasteiger partial charge in [0.25, 0.3) is 0 Å². The van der Waals surface area contributed by atoms with Crippen LogP contribution in [0.25, 0.3) is 0 Å². The Morgan fingerprint density at radius 3 is 1.75 bits per heavy atom. The van der Waals surface area contributed by atoms with Crippen molar-refractivity contribution in [2.24, 2.45) is 5.92 Å². The zero-order valence-electron chi connectivity index (χ0n) is 10.2. The molecule has 0 amide bonds. The maximum atomic E-state index is 3.13. The van der Waals surface area contributed by atoms with Crippen LogP contribution in [0.4, 0.5) is 0 Å². The molecule has 0 bridgehead atoms. The number of nitrogens with one attached hydrogen (secondary N) is 1. The van der Waals surface area contributed by atoms with Gasteiger partial charge in [0.2, 0.25) is 0 Å². The summed E-state index contributed by atoms with van der Waals surface area (Å²) in [5.74, 6) is 0.891. The maximum Gasteiger partial charge on any atom is -0.00494 e. The third kappa shape index (κ3) is 22.5. The fourth-order valence-corrected chi connectivity index (χ4v) is 0.595. The highest BCUT2D eigenvalue weighted by atomic mass is 14.8. The fourth-order valence-electron chi connectivity index (χ4n) is 0.595. The van der Waals surface area contributed by atoms with Crippen molar-refractivity contribution in [1.82, 2.24) is 5.32 Å². The standard InChI is InChI=1S/C7H17N.2C2H6/c1-4-7(2)5-6-8-3;2*1-2/h7-8H,4-6H2,1-3H3;2*1-2H3/t7-;;/m1../s1. The van der Waals surface area contributed by atoms with Crippen molar-refractivity contribution < 1.29 is 0 Å². The van der Waals surface area contributed by atoms with E-state index in [0.717, 1.165) is 12.5 Å². The molecular formula is C11H29N. The summed E-state index contributed by atoms with van der Waals surface area (Å²) in [6.45, 7) is 13.7. The highest BCUT2D eigenvalue weighted by Crippen LogP contribution is 2.03. The first-order chi connectivity index (χ1) is 5.81. The van der Waals surface area contributed by atoms with Crippen molar-refractivity contribution in [2.45, 2.75) is 54.4 Å². The average Bonchev–Trinajstić information content (AvgIpc) is 2.20. The molecule has 0 aliphatic heterocycles. The number of rotatable bonds is 4. The second kappa shape index (κ2) is 22.4. The molecule has 0 heterocycles. The van der Waals surface area contributed by atoms with Crippen molar-refractivity contribution in [3.63, 3.8) is 0 Å². The molecule has 1 atom stereocenters. The normalized spacial score (nSPS) is 10.2. The van der Waals surface area contributed by atoms with Crippen LogP contribution in [0.1, 0.15) is 54.4 Å². The van der Waals surface area contributed by atoms with Crippen molar-refractivity contribution in [3.05, 3.63) is 0 Å². The smallest absolute Gasteiger partial charge is 0.00494 e. The molecule has 0 aliphatic rings. The van der Waals surface area contributed by atoms with Gasteiger partial charge in [-0.2, -0.15) is 0 Å². The molecule has 0 aromatic carbocycles. The van der Waals surface area contributed by atoms with Crippen LogP contribution in [-0.4, -0.2) is 13.6 Å². The molecule has 0 spiro atoms. The van der Waals surface area contributed by atoms with E-state index in [0.29, 0.717) is 0 Å². The Hall–Kier alpha value is -0.0400. The van der Waals surface area contributed by atoms with Gasteiger partial charge in [-0.3, -0.25) is 0 Å². The van der Waals surface area contributed by atoms with Gasteiger partial charge in [0.05, 0.1) is 0 Å². The number of hydrogen-bond acceptors (Lipinski definition) is 1. The summed E-state index contributed by atoms with van der Waals surface area (Å²) < 4.78 is 0. The summed E-state index contributed by atoms with van der Waals surface area (Å²) in [4.78, 5) is 0. The van der Waals surface area contributed by atoms with E-state index in [1.54, 1.807) is 0 Å². The van der Waals surface area contributed by atoms with Crippen LogP contribution in [0.5, 0.6) is 0 Å². The van der Waals surface area contributed by atoms with E-state index in [9.17, 15) is 0 Å². The molecule has 0 saturated heterocycles. The Morgan fingerprint density at radius 1 is 1.08 bits per heavy atom. The van der Waals surface area contributed by atoms with Crippen LogP contribution in [0.15, 0.2) is 0 Å². The van der Waals surface area contributed by atoms with Gasteiger partial charge in [0.15, 0.2) is 0 Å². The van der Waals surface area contributed by atoms with Crippen LogP contribution in [0, 0.1) is 5.92 Å². The van der Waals surface area contributed by atoms with Crippen molar-refractivity contribution in [3.8, 4) is 0 Å². The van der Waals surface area contributed by atoms with Crippen LogP contribution < -0.4 is 5.32 Å². The lowest BCUT2D eigenvalue weighted by Gasteiger charge is -2.05. The first-order valence-electron chi connectivity index (χ1n) is 5.45. The Labute approximate surface area is 80.0 Å². The maximum absolute atomic E-state index is 3.13. The van der Waals surface area contributed by atoms with Gasteiger partial charge in [-0.15, -0.1) is 0 Å². The minimum absolute atomic E-state index is 0.891. The van der Waals surface area contributed by atoms with Crippen LogP contribution in [0.2, 0.25) is 0 Å². The van der Waals surface area contributed by atoms with Gasteiger partial charge in [-0.05, 0) is 25.9 Å². The van der Waals surface area contributed by atoms with E-state index in [2.05, 4.69) is 19.2 Å². The van der Waals surface area contributed by atoms with Crippen LogP contribution in [-0.2, 0) is 0 Å². The predicted molar refractivity (Wildman–Crippen MR) is 60.7 cm³/mol. The molecule has 0 aromatic heterocycles. The van der Waals surface area contributed by atoms with Crippen molar-refractivity contribution in [2.75, 3.05) is 13.6 Å². The summed E-state index contributed by atoms with van der Waals surface area (Å²) in [7, 11) is 2.00. The van der Waals surface area contributed by atoms with Gasteiger partial charge in [-0.1, -0.05) is 48.0 Å². The Balaban J connectivity index is -0.000000175. The zero-order valence-corrected chi connectivity index (χ0v) is 10.2. The Bertz CT molecular complexity index is 44.3. The molecule has 12 heavy (non-hydrogen) atoms. The minimum atomic E-state index is 0.891. The van der Waals surface area contributed by atoms with E-state index in [1.165, 1.54) is 12.8 Å². The summed E-state index contributed by atoms with van der Waals surface area (Å²) in [5, 5.41) is 3.13. The average molecular weight is 175 g/mol. The first kappa shape index (κ1) is 17.9. The summed E-state index contributed by atoms with van der Waals surface area (Å²) in [6, 6.07) is 0. The summed E-state index contributed by atoms with van der Waals surface area (Å²) in [5.41, 5.74) is 0. The second-order valence-electron chi connectivity index (χ2n) is 2.41. The molecule has 0 aliphatic carbocycles. The summed E-state index contributed by atoms with van der Waals surface area (Å²) >= 11 is 0. The fraction of sp³-hybridized carbons (Fsp3) is 1.00. The molecule has 1 N–H and O–H groups in total. The largest absolute Gasteiger partial charge is 0.320 e. The highest BCUT2D eigenvalue weighted by molar-refractivity contribution is 4.50. The van der Waals surface area contributed by atoms with Gasteiger partial charge in [0.1, 0.15) is 0 Å². The van der Waals surface area contributed by atoms with Gasteiger partial charge >= 0.3 is 0 Å². The van der Waals surface area contributed by atoms with Gasteiger partial charge in [-0.25, -0.2) is 0 Å². The van der Waals surface area contributed by atoms with E-state index in [4.69, 9.17) is 0 Å². The molecule has 0 saturated carbocycles. The lowest BCUT2D eigenvalue weighted by atomic mass is 10.1. The molecule has 0 fully saturated rings. The molecule has 0 unspecified atom stereocenters. The monoisotopic (exact) mass is 175 g/mol. The minimum Gasteiger partial charge on any atom is -0.320 e. The molecule has 1 nitrogen and oxygen atoms in total. The SMILES string of the molecule is CC.CC.CC[C@@H](C)CCNC. The zero-order chi connectivity index (χ0) is 10.4.